The van der Waals surface area contributed by atoms with E-state index in [1.165, 1.54) is 4.90 Å². The number of carbonyl (C=O) groups excluding carboxylic acids is 1. The van der Waals surface area contributed by atoms with E-state index in [0.29, 0.717) is 37.5 Å². The number of benzene rings is 1. The van der Waals surface area contributed by atoms with Crippen molar-refractivity contribution in [2.45, 2.75) is 38.1 Å². The number of carbonyl (C=O) groups is 1. The monoisotopic (exact) mass is 565 g/mol. The van der Waals surface area contributed by atoms with E-state index in [4.69, 9.17) is 0 Å². The van der Waals surface area contributed by atoms with Gasteiger partial charge in [-0.05, 0) is 54.0 Å². The molecule has 1 unspecified atom stereocenters. The summed E-state index contributed by atoms with van der Waals surface area (Å²) in [5, 5.41) is 21.3. The second-order valence-electron chi connectivity index (χ2n) is 9.73. The van der Waals surface area contributed by atoms with E-state index in [9.17, 15) is 23.1 Å². The molecule has 12 heteroatoms. The highest BCUT2D eigenvalue weighted by Gasteiger charge is 2.29. The summed E-state index contributed by atoms with van der Waals surface area (Å²) in [4.78, 5) is 22.5. The molecule has 0 saturated carbocycles. The Hall–Kier alpha value is -4.29. The molecule has 4 aromatic rings. The molecule has 0 saturated heterocycles. The van der Waals surface area contributed by atoms with Gasteiger partial charge in [0.25, 0.3) is 0 Å². The number of nitrogens with one attached hydrogen (secondary N) is 2. The van der Waals surface area contributed by atoms with Crippen LogP contribution in [0.2, 0.25) is 0 Å². The predicted octanol–water partition coefficient (Wildman–Crippen LogP) is 4.65. The molecule has 0 spiro atoms. The summed E-state index contributed by atoms with van der Waals surface area (Å²) in [6.45, 7) is 1.18. The number of rotatable bonds is 10. The lowest BCUT2D eigenvalue weighted by Gasteiger charge is -2.27. The van der Waals surface area contributed by atoms with Gasteiger partial charge in [-0.1, -0.05) is 24.3 Å². The van der Waals surface area contributed by atoms with E-state index in [1.807, 2.05) is 60.7 Å². The van der Waals surface area contributed by atoms with Crippen LogP contribution >= 0.6 is 0 Å². The van der Waals surface area contributed by atoms with E-state index >= 15 is 0 Å². The molecule has 1 aromatic carbocycles. The third-order valence-corrected chi connectivity index (χ3v) is 6.82. The standard InChI is InChI=1S/C29H30F3N7O2/c30-29(31,32)14-10-25(40)38-18-12-20(13-19-38)24-5-3-17-39-26(24)36-28(37-39)35-23-8-6-21(7-9-23)27(41)34-16-11-22-4-1-2-15-33-22/h1-9,12,15,17,27,34,41H,10-11,13-14,16,18-19H2,(H,35,37). The first-order valence-corrected chi connectivity index (χ1v) is 13.3. The number of nitrogens with zero attached hydrogens (tertiary/aromatic N) is 5. The zero-order valence-electron chi connectivity index (χ0n) is 22.2. The van der Waals surface area contributed by atoms with Crippen LogP contribution < -0.4 is 10.6 Å². The van der Waals surface area contributed by atoms with Gasteiger partial charge >= 0.3 is 6.18 Å². The minimum absolute atomic E-state index is 0.253. The molecule has 3 N–H and O–H groups in total. The molecule has 4 heterocycles. The van der Waals surface area contributed by atoms with Gasteiger partial charge in [-0.15, -0.1) is 5.10 Å². The molecular weight excluding hydrogens is 535 g/mol. The number of aliphatic hydroxyl groups excluding tert-OH is 1. The number of pyridine rings is 2. The fourth-order valence-corrected chi connectivity index (χ4v) is 4.64. The summed E-state index contributed by atoms with van der Waals surface area (Å²) in [6.07, 6.45) is -0.212. The van der Waals surface area contributed by atoms with Gasteiger partial charge in [0.1, 0.15) is 6.23 Å². The molecule has 41 heavy (non-hydrogen) atoms. The molecule has 5 rings (SSSR count). The second-order valence-corrected chi connectivity index (χ2v) is 9.73. The summed E-state index contributed by atoms with van der Waals surface area (Å²) >= 11 is 0. The summed E-state index contributed by atoms with van der Waals surface area (Å²) in [7, 11) is 0. The molecule has 1 aliphatic heterocycles. The van der Waals surface area contributed by atoms with Gasteiger partial charge < -0.3 is 15.3 Å². The number of hydrogen-bond acceptors (Lipinski definition) is 7. The Morgan fingerprint density at radius 2 is 1.93 bits per heavy atom. The van der Waals surface area contributed by atoms with Crippen LogP contribution in [0, 0.1) is 0 Å². The maximum atomic E-state index is 12.5. The van der Waals surface area contributed by atoms with Crippen LogP contribution in [0.3, 0.4) is 0 Å². The Kier molecular flexibility index (Phi) is 8.60. The molecule has 9 nitrogen and oxygen atoms in total. The lowest BCUT2D eigenvalue weighted by molar-refractivity contribution is -0.148. The van der Waals surface area contributed by atoms with Crippen LogP contribution in [0.5, 0.6) is 0 Å². The van der Waals surface area contributed by atoms with Gasteiger partial charge in [-0.25, -0.2) is 4.52 Å². The molecule has 0 radical (unpaired) electrons. The zero-order valence-corrected chi connectivity index (χ0v) is 22.2. The van der Waals surface area contributed by atoms with E-state index in [-0.39, 0.29) is 6.54 Å². The average molecular weight is 566 g/mol. The first-order valence-electron chi connectivity index (χ1n) is 13.3. The highest BCUT2D eigenvalue weighted by atomic mass is 19.4. The van der Waals surface area contributed by atoms with E-state index in [0.717, 1.165) is 28.1 Å². The number of aromatic nitrogens is 4. The summed E-state index contributed by atoms with van der Waals surface area (Å²) in [5.41, 5.74) is 4.86. The normalized spacial score (nSPS) is 14.6. The highest BCUT2D eigenvalue weighted by molar-refractivity contribution is 5.81. The molecule has 0 bridgehead atoms. The number of alkyl halides is 3. The second kappa shape index (κ2) is 12.5. The maximum Gasteiger partial charge on any atom is 0.389 e. The van der Waals surface area contributed by atoms with Crippen molar-refractivity contribution >= 4 is 28.8 Å². The quantitative estimate of drug-likeness (QED) is 0.240. The third kappa shape index (κ3) is 7.47. The van der Waals surface area contributed by atoms with Crippen LogP contribution in [0.4, 0.5) is 24.8 Å². The van der Waals surface area contributed by atoms with Crippen molar-refractivity contribution in [2.75, 3.05) is 25.0 Å². The molecule has 214 valence electrons. The van der Waals surface area contributed by atoms with Crippen LogP contribution in [-0.4, -0.2) is 61.3 Å². The number of fused-ring (bicyclic) bond motifs is 1. The van der Waals surface area contributed by atoms with Crippen molar-refractivity contribution in [1.82, 2.24) is 29.8 Å². The molecular formula is C29H30F3N7O2. The van der Waals surface area contributed by atoms with Crippen LogP contribution in [-0.2, 0) is 11.2 Å². The zero-order chi connectivity index (χ0) is 28.8. The molecule has 0 fully saturated rings. The maximum absolute atomic E-state index is 12.5. The third-order valence-electron chi connectivity index (χ3n) is 6.82. The molecule has 1 amide bonds. The smallest absolute Gasteiger partial charge is 0.374 e. The van der Waals surface area contributed by atoms with E-state index in [1.54, 1.807) is 16.9 Å². The first kappa shape index (κ1) is 28.2. The van der Waals surface area contributed by atoms with Crippen molar-refractivity contribution < 1.29 is 23.1 Å². The Labute approximate surface area is 234 Å². The van der Waals surface area contributed by atoms with Crippen molar-refractivity contribution in [2.24, 2.45) is 0 Å². The Balaban J connectivity index is 1.19. The number of amides is 1. The molecule has 1 atom stereocenters. The fraction of sp³-hybridized carbons (Fsp3) is 0.310. The Morgan fingerprint density at radius 1 is 1.10 bits per heavy atom. The average Bonchev–Trinajstić information content (AvgIpc) is 3.39. The SMILES string of the molecule is O=C(CCC(F)(F)F)N1CC=C(c2cccn3nc(Nc4ccc(C(O)NCCc5ccccn5)cc4)nc23)CC1. The minimum atomic E-state index is -4.34. The van der Waals surface area contributed by atoms with Gasteiger partial charge in [0.2, 0.25) is 11.9 Å². The van der Waals surface area contributed by atoms with Crippen molar-refractivity contribution in [3.63, 3.8) is 0 Å². The topological polar surface area (TPSA) is 108 Å². The summed E-state index contributed by atoms with van der Waals surface area (Å²) < 4.78 is 39.1. The summed E-state index contributed by atoms with van der Waals surface area (Å²) in [6, 6.07) is 16.8. The van der Waals surface area contributed by atoms with Crippen molar-refractivity contribution in [3.05, 3.63) is 89.9 Å². The molecule has 3 aromatic heterocycles. The van der Waals surface area contributed by atoms with E-state index in [2.05, 4.69) is 25.7 Å². The van der Waals surface area contributed by atoms with Crippen molar-refractivity contribution in [3.8, 4) is 0 Å². The molecule has 1 aliphatic rings. The minimum Gasteiger partial charge on any atom is -0.374 e. The van der Waals surface area contributed by atoms with Gasteiger partial charge in [-0.2, -0.15) is 18.2 Å². The highest BCUT2D eigenvalue weighted by Crippen LogP contribution is 2.28. The number of hydrogen-bond donors (Lipinski definition) is 3. The predicted molar refractivity (Wildman–Crippen MR) is 148 cm³/mol. The number of anilines is 2. The Morgan fingerprint density at radius 3 is 2.63 bits per heavy atom. The van der Waals surface area contributed by atoms with Gasteiger partial charge in [-0.3, -0.25) is 15.1 Å². The molecule has 0 aliphatic carbocycles. The van der Waals surface area contributed by atoms with Gasteiger partial charge in [0.15, 0.2) is 5.65 Å². The lowest BCUT2D eigenvalue weighted by atomic mass is 10.00. The fourth-order valence-electron chi connectivity index (χ4n) is 4.64. The van der Waals surface area contributed by atoms with Gasteiger partial charge in [0, 0.05) is 61.8 Å². The summed E-state index contributed by atoms with van der Waals surface area (Å²) in [5.74, 6) is -0.108. The number of aliphatic hydroxyl groups is 1. The van der Waals surface area contributed by atoms with E-state index < -0.39 is 31.2 Å². The number of halogens is 3. The lowest BCUT2D eigenvalue weighted by Crippen LogP contribution is -2.35. The van der Waals surface area contributed by atoms with Crippen molar-refractivity contribution in [1.29, 1.82) is 0 Å². The van der Waals surface area contributed by atoms with Crippen LogP contribution in [0.1, 0.15) is 42.3 Å². The van der Waals surface area contributed by atoms with Gasteiger partial charge in [0.05, 0.1) is 6.42 Å². The largest absolute Gasteiger partial charge is 0.389 e. The van der Waals surface area contributed by atoms with Crippen LogP contribution in [0.15, 0.2) is 73.1 Å². The Bertz CT molecular complexity index is 1500. The van der Waals surface area contributed by atoms with Crippen LogP contribution in [0.25, 0.3) is 11.2 Å². The first-order chi connectivity index (χ1) is 19.7.